The molecule has 0 aliphatic heterocycles. The highest BCUT2D eigenvalue weighted by Crippen LogP contribution is 2.24. The normalized spacial score (nSPS) is 18.2. The van der Waals surface area contributed by atoms with Gasteiger partial charge in [0.15, 0.2) is 0 Å². The van der Waals surface area contributed by atoms with Crippen LogP contribution in [0.5, 0.6) is 5.75 Å². The van der Waals surface area contributed by atoms with Gasteiger partial charge in [0, 0.05) is 18.6 Å². The molecule has 1 aromatic rings. The summed E-state index contributed by atoms with van der Waals surface area (Å²) in [5.41, 5.74) is 1.33. The first kappa shape index (κ1) is 15.3. The molecule has 1 unspecified atom stereocenters. The van der Waals surface area contributed by atoms with Crippen molar-refractivity contribution < 1.29 is 4.74 Å². The lowest BCUT2D eigenvalue weighted by molar-refractivity contribution is 0.176. The van der Waals surface area contributed by atoms with E-state index in [9.17, 15) is 0 Å². The van der Waals surface area contributed by atoms with Crippen LogP contribution in [0.2, 0.25) is 0 Å². The van der Waals surface area contributed by atoms with Gasteiger partial charge in [0.2, 0.25) is 0 Å². The predicted molar refractivity (Wildman–Crippen MR) is 84.3 cm³/mol. The lowest BCUT2D eigenvalue weighted by Gasteiger charge is -2.33. The molecule has 0 amide bonds. The zero-order valence-electron chi connectivity index (χ0n) is 13.1. The first-order valence-electron chi connectivity index (χ1n) is 7.76. The number of hydrogen-bond acceptors (Lipinski definition) is 3. The Bertz CT molecular complexity index is 384. The van der Waals surface area contributed by atoms with Gasteiger partial charge in [-0.15, -0.1) is 0 Å². The number of nitrogens with one attached hydrogen (secondary N) is 1. The SMILES string of the molecule is CNC(CN(C)C1CCCCC1)c1ccc(OC)cc1. The number of benzene rings is 1. The Morgan fingerprint density at radius 2 is 1.85 bits per heavy atom. The van der Waals surface area contributed by atoms with Crippen LogP contribution in [0.25, 0.3) is 0 Å². The minimum absolute atomic E-state index is 0.382. The molecule has 0 bridgehead atoms. The van der Waals surface area contributed by atoms with E-state index in [1.165, 1.54) is 37.7 Å². The minimum Gasteiger partial charge on any atom is -0.497 e. The third kappa shape index (κ3) is 3.97. The summed E-state index contributed by atoms with van der Waals surface area (Å²) in [6, 6.07) is 9.55. The van der Waals surface area contributed by atoms with Gasteiger partial charge in [-0.25, -0.2) is 0 Å². The first-order valence-corrected chi connectivity index (χ1v) is 7.76. The Kier molecular flexibility index (Phi) is 5.86. The molecule has 0 saturated heterocycles. The van der Waals surface area contributed by atoms with Crippen molar-refractivity contribution >= 4 is 0 Å². The molecule has 112 valence electrons. The maximum absolute atomic E-state index is 5.23. The lowest BCUT2D eigenvalue weighted by atomic mass is 9.94. The molecule has 1 aliphatic carbocycles. The Balaban J connectivity index is 1.96. The predicted octanol–water partition coefficient (Wildman–Crippen LogP) is 3.22. The maximum atomic E-state index is 5.23. The van der Waals surface area contributed by atoms with Crippen LogP contribution in [0, 0.1) is 0 Å². The van der Waals surface area contributed by atoms with Gasteiger partial charge >= 0.3 is 0 Å². The quantitative estimate of drug-likeness (QED) is 0.863. The molecule has 3 heteroatoms. The summed E-state index contributed by atoms with van der Waals surface area (Å²) < 4.78 is 5.23. The van der Waals surface area contributed by atoms with Crippen molar-refractivity contribution in [1.29, 1.82) is 0 Å². The van der Waals surface area contributed by atoms with Gasteiger partial charge in [-0.1, -0.05) is 31.4 Å². The Hall–Kier alpha value is -1.06. The van der Waals surface area contributed by atoms with E-state index in [0.717, 1.165) is 18.3 Å². The molecule has 1 N–H and O–H groups in total. The molecular formula is C17H28N2O. The number of nitrogens with zero attached hydrogens (tertiary/aromatic N) is 1. The standard InChI is InChI=1S/C17H28N2O/c1-18-17(14-9-11-16(20-3)12-10-14)13-19(2)15-7-5-4-6-8-15/h9-12,15,17-18H,4-8,13H2,1-3H3. The van der Waals surface area contributed by atoms with E-state index in [0.29, 0.717) is 6.04 Å². The lowest BCUT2D eigenvalue weighted by Crippen LogP contribution is -2.39. The van der Waals surface area contributed by atoms with E-state index in [1.807, 2.05) is 19.2 Å². The van der Waals surface area contributed by atoms with Crippen LogP contribution >= 0.6 is 0 Å². The smallest absolute Gasteiger partial charge is 0.118 e. The van der Waals surface area contributed by atoms with Crippen LogP contribution < -0.4 is 10.1 Å². The number of rotatable bonds is 6. The van der Waals surface area contributed by atoms with Crippen molar-refractivity contribution in [1.82, 2.24) is 10.2 Å². The van der Waals surface area contributed by atoms with E-state index in [1.54, 1.807) is 7.11 Å². The van der Waals surface area contributed by atoms with Gasteiger partial charge in [0.1, 0.15) is 5.75 Å². The van der Waals surface area contributed by atoms with E-state index >= 15 is 0 Å². The zero-order valence-corrected chi connectivity index (χ0v) is 13.1. The Labute approximate surface area is 123 Å². The molecule has 3 nitrogen and oxygen atoms in total. The second kappa shape index (κ2) is 7.65. The Morgan fingerprint density at radius 3 is 2.40 bits per heavy atom. The highest BCUT2D eigenvalue weighted by molar-refractivity contribution is 5.29. The molecule has 0 radical (unpaired) electrons. The highest BCUT2D eigenvalue weighted by atomic mass is 16.5. The van der Waals surface area contributed by atoms with Crippen molar-refractivity contribution in [2.24, 2.45) is 0 Å². The van der Waals surface area contributed by atoms with E-state index in [2.05, 4.69) is 29.4 Å². The molecule has 2 rings (SSSR count). The van der Waals surface area contributed by atoms with Crippen LogP contribution in [0.15, 0.2) is 24.3 Å². The third-order valence-electron chi connectivity index (χ3n) is 4.54. The highest BCUT2D eigenvalue weighted by Gasteiger charge is 2.21. The van der Waals surface area contributed by atoms with Crippen LogP contribution in [0.4, 0.5) is 0 Å². The topological polar surface area (TPSA) is 24.5 Å². The minimum atomic E-state index is 0.382. The van der Waals surface area contributed by atoms with E-state index < -0.39 is 0 Å². The molecule has 1 aliphatic rings. The zero-order chi connectivity index (χ0) is 14.4. The number of ether oxygens (including phenoxy) is 1. The van der Waals surface area contributed by atoms with Crippen LogP contribution in [-0.4, -0.2) is 38.7 Å². The van der Waals surface area contributed by atoms with Crippen molar-refractivity contribution in [3.8, 4) is 5.75 Å². The monoisotopic (exact) mass is 276 g/mol. The molecule has 20 heavy (non-hydrogen) atoms. The van der Waals surface area contributed by atoms with Gasteiger partial charge in [-0.05, 0) is 44.6 Å². The largest absolute Gasteiger partial charge is 0.497 e. The van der Waals surface area contributed by atoms with E-state index in [4.69, 9.17) is 4.74 Å². The summed E-state index contributed by atoms with van der Waals surface area (Å²) in [4.78, 5) is 2.53. The van der Waals surface area contributed by atoms with Crippen molar-refractivity contribution in [3.05, 3.63) is 29.8 Å². The van der Waals surface area contributed by atoms with Crippen molar-refractivity contribution in [2.75, 3.05) is 27.7 Å². The maximum Gasteiger partial charge on any atom is 0.118 e. The molecular weight excluding hydrogens is 248 g/mol. The summed E-state index contributed by atoms with van der Waals surface area (Å²) in [6.07, 6.45) is 6.91. The van der Waals surface area contributed by atoms with Gasteiger partial charge in [-0.2, -0.15) is 0 Å². The average molecular weight is 276 g/mol. The summed E-state index contributed by atoms with van der Waals surface area (Å²) in [5, 5.41) is 3.44. The molecule has 0 aromatic heterocycles. The fourth-order valence-electron chi connectivity index (χ4n) is 3.16. The van der Waals surface area contributed by atoms with Crippen LogP contribution in [-0.2, 0) is 0 Å². The summed E-state index contributed by atoms with van der Waals surface area (Å²) in [6.45, 7) is 1.06. The molecule has 1 saturated carbocycles. The van der Waals surface area contributed by atoms with Crippen molar-refractivity contribution in [3.63, 3.8) is 0 Å². The number of methoxy groups -OCH3 is 1. The van der Waals surface area contributed by atoms with Gasteiger partial charge in [-0.3, -0.25) is 0 Å². The van der Waals surface area contributed by atoms with Crippen LogP contribution in [0.3, 0.4) is 0 Å². The molecule has 1 atom stereocenters. The first-order chi connectivity index (χ1) is 9.74. The fraction of sp³-hybridized carbons (Fsp3) is 0.647. The number of hydrogen-bond donors (Lipinski definition) is 1. The molecule has 1 fully saturated rings. The summed E-state index contributed by atoms with van der Waals surface area (Å²) >= 11 is 0. The van der Waals surface area contributed by atoms with E-state index in [-0.39, 0.29) is 0 Å². The third-order valence-corrected chi connectivity index (χ3v) is 4.54. The number of likely N-dealkylation sites (N-methyl/N-ethyl adjacent to an activating group) is 2. The second-order valence-electron chi connectivity index (χ2n) is 5.85. The van der Waals surface area contributed by atoms with Gasteiger partial charge in [0.25, 0.3) is 0 Å². The van der Waals surface area contributed by atoms with Crippen LogP contribution in [0.1, 0.15) is 43.7 Å². The molecule has 0 heterocycles. The van der Waals surface area contributed by atoms with Gasteiger partial charge < -0.3 is 15.0 Å². The molecule has 1 aromatic carbocycles. The Morgan fingerprint density at radius 1 is 1.20 bits per heavy atom. The fourth-order valence-corrected chi connectivity index (χ4v) is 3.16. The second-order valence-corrected chi connectivity index (χ2v) is 5.85. The molecule has 0 spiro atoms. The van der Waals surface area contributed by atoms with Gasteiger partial charge in [0.05, 0.1) is 7.11 Å². The average Bonchev–Trinajstić information content (AvgIpc) is 2.53. The summed E-state index contributed by atoms with van der Waals surface area (Å²) in [5.74, 6) is 0.921. The van der Waals surface area contributed by atoms with Crippen molar-refractivity contribution in [2.45, 2.75) is 44.2 Å². The summed E-state index contributed by atoms with van der Waals surface area (Å²) in [7, 11) is 6.02.